The van der Waals surface area contributed by atoms with Crippen molar-refractivity contribution in [1.82, 2.24) is 19.5 Å². The number of fused-ring (bicyclic) bond motifs is 1. The van der Waals surface area contributed by atoms with Gasteiger partial charge in [-0.1, -0.05) is 0 Å². The molecule has 0 radical (unpaired) electrons. The molecule has 10 nitrogen and oxygen atoms in total. The lowest BCUT2D eigenvalue weighted by atomic mass is 10.4. The molecule has 6 N–H and O–H groups in total. The number of hydrogen-bond donors (Lipinski definition) is 4. The number of aromatic nitrogens is 4. The SMILES string of the molecule is C[C@H](Cn1cnc2c(N)nc(CN)nc21)OCP(=O)(O)O. The van der Waals surface area contributed by atoms with Crippen LogP contribution in [0.2, 0.25) is 0 Å². The molecule has 1 atom stereocenters. The van der Waals surface area contributed by atoms with Gasteiger partial charge >= 0.3 is 7.60 Å². The number of ether oxygens (including phenoxy) is 1. The molecule has 0 bridgehead atoms. The second-order valence-electron chi connectivity index (χ2n) is 4.57. The van der Waals surface area contributed by atoms with Gasteiger partial charge in [0.15, 0.2) is 11.5 Å². The van der Waals surface area contributed by atoms with Crippen LogP contribution >= 0.6 is 7.60 Å². The van der Waals surface area contributed by atoms with Gasteiger partial charge in [0.25, 0.3) is 0 Å². The summed E-state index contributed by atoms with van der Waals surface area (Å²) in [6.45, 7) is 2.16. The summed E-state index contributed by atoms with van der Waals surface area (Å²) >= 11 is 0. The van der Waals surface area contributed by atoms with Crippen molar-refractivity contribution in [2.24, 2.45) is 5.73 Å². The van der Waals surface area contributed by atoms with Gasteiger partial charge in [-0.2, -0.15) is 0 Å². The topological polar surface area (TPSA) is 162 Å². The van der Waals surface area contributed by atoms with Gasteiger partial charge in [-0.25, -0.2) is 15.0 Å². The Balaban J connectivity index is 2.19. The molecule has 116 valence electrons. The van der Waals surface area contributed by atoms with Crippen LogP contribution < -0.4 is 11.5 Å². The van der Waals surface area contributed by atoms with Gasteiger partial charge < -0.3 is 30.6 Å². The van der Waals surface area contributed by atoms with E-state index in [1.54, 1.807) is 11.5 Å². The molecule has 0 saturated heterocycles. The molecule has 2 rings (SSSR count). The van der Waals surface area contributed by atoms with Crippen molar-refractivity contribution in [2.45, 2.75) is 26.1 Å². The van der Waals surface area contributed by atoms with E-state index < -0.39 is 20.0 Å². The van der Waals surface area contributed by atoms with Crippen LogP contribution in [0.15, 0.2) is 6.33 Å². The number of nitrogen functional groups attached to an aromatic ring is 1. The van der Waals surface area contributed by atoms with Crippen LogP contribution in [0.1, 0.15) is 12.7 Å². The van der Waals surface area contributed by atoms with Crippen molar-refractivity contribution in [3.8, 4) is 0 Å². The van der Waals surface area contributed by atoms with Crippen LogP contribution in [0, 0.1) is 0 Å². The molecule has 0 amide bonds. The third kappa shape index (κ3) is 3.96. The molecule has 11 heteroatoms. The predicted molar refractivity (Wildman–Crippen MR) is 75.1 cm³/mol. The van der Waals surface area contributed by atoms with Gasteiger partial charge in [0.2, 0.25) is 0 Å². The van der Waals surface area contributed by atoms with Crippen LogP contribution in [0.5, 0.6) is 0 Å². The summed E-state index contributed by atoms with van der Waals surface area (Å²) in [7, 11) is -4.19. The van der Waals surface area contributed by atoms with Gasteiger partial charge in [0.05, 0.1) is 25.5 Å². The van der Waals surface area contributed by atoms with E-state index in [1.165, 1.54) is 6.33 Å². The third-order valence-electron chi connectivity index (χ3n) is 2.70. The Labute approximate surface area is 120 Å². The van der Waals surface area contributed by atoms with Crippen LogP contribution in [0.3, 0.4) is 0 Å². The molecule has 0 aromatic carbocycles. The molecule has 0 spiro atoms. The minimum absolute atomic E-state index is 0.148. The monoisotopic (exact) mass is 316 g/mol. The Kier molecular flexibility index (Phi) is 4.55. The Morgan fingerprint density at radius 3 is 2.81 bits per heavy atom. The molecule has 0 aliphatic heterocycles. The Hall–Kier alpha value is -1.58. The zero-order chi connectivity index (χ0) is 15.6. The van der Waals surface area contributed by atoms with Crippen LogP contribution in [0.25, 0.3) is 11.2 Å². The highest BCUT2D eigenvalue weighted by Gasteiger charge is 2.17. The number of anilines is 1. The van der Waals surface area contributed by atoms with E-state index >= 15 is 0 Å². The van der Waals surface area contributed by atoms with Crippen LogP contribution in [-0.2, 0) is 22.4 Å². The van der Waals surface area contributed by atoms with E-state index in [0.717, 1.165) is 0 Å². The number of nitrogens with two attached hydrogens (primary N) is 2. The highest BCUT2D eigenvalue weighted by molar-refractivity contribution is 7.51. The van der Waals surface area contributed by atoms with Crippen molar-refractivity contribution in [3.63, 3.8) is 0 Å². The molecule has 0 saturated carbocycles. The van der Waals surface area contributed by atoms with Gasteiger partial charge in [0.1, 0.15) is 17.7 Å². The highest BCUT2D eigenvalue weighted by Crippen LogP contribution is 2.34. The van der Waals surface area contributed by atoms with E-state index in [0.29, 0.717) is 23.5 Å². The largest absolute Gasteiger partial charge is 0.382 e. The standard InChI is InChI=1S/C10H17N6O4P/c1-6(20-5-21(17,18)19)3-16-4-13-8-9(12)14-7(2-11)15-10(8)16/h4,6H,2-3,5,11H2,1H3,(H2,12,14,15)(H2,17,18,19)/t6-/m1/s1. The summed E-state index contributed by atoms with van der Waals surface area (Å²) in [6.07, 6.45) is 0.451. The molecule has 0 fully saturated rings. The van der Waals surface area contributed by atoms with Crippen molar-refractivity contribution >= 4 is 24.6 Å². The van der Waals surface area contributed by atoms with Gasteiger partial charge in [0, 0.05) is 0 Å². The zero-order valence-corrected chi connectivity index (χ0v) is 12.3. The van der Waals surface area contributed by atoms with E-state index in [1.807, 2.05) is 0 Å². The first-order chi connectivity index (χ1) is 9.80. The van der Waals surface area contributed by atoms with E-state index in [-0.39, 0.29) is 12.4 Å². The molecular formula is C10H17N6O4P. The maximum atomic E-state index is 10.8. The maximum Gasteiger partial charge on any atom is 0.350 e. The fourth-order valence-corrected chi connectivity index (χ4v) is 2.24. The summed E-state index contributed by atoms with van der Waals surface area (Å²) in [4.78, 5) is 30.0. The second kappa shape index (κ2) is 6.04. The first-order valence-electron chi connectivity index (χ1n) is 6.13. The number of rotatable bonds is 6. The average molecular weight is 316 g/mol. The number of imidazole rings is 1. The second-order valence-corrected chi connectivity index (χ2v) is 6.16. The number of hydrogen-bond acceptors (Lipinski definition) is 7. The fraction of sp³-hybridized carbons (Fsp3) is 0.500. The van der Waals surface area contributed by atoms with Crippen molar-refractivity contribution in [1.29, 1.82) is 0 Å². The third-order valence-corrected chi connectivity index (χ3v) is 3.19. The molecule has 2 heterocycles. The van der Waals surface area contributed by atoms with Crippen molar-refractivity contribution in [2.75, 3.05) is 12.1 Å². The van der Waals surface area contributed by atoms with Gasteiger partial charge in [-0.3, -0.25) is 4.57 Å². The lowest BCUT2D eigenvalue weighted by molar-refractivity contribution is 0.0764. The van der Waals surface area contributed by atoms with E-state index in [4.69, 9.17) is 26.0 Å². The molecule has 2 aromatic rings. The van der Waals surface area contributed by atoms with E-state index in [9.17, 15) is 4.57 Å². The fourth-order valence-electron chi connectivity index (χ4n) is 1.79. The Morgan fingerprint density at radius 1 is 1.48 bits per heavy atom. The Bertz CT molecular complexity index is 683. The van der Waals surface area contributed by atoms with Crippen molar-refractivity contribution < 1.29 is 19.1 Å². The lowest BCUT2D eigenvalue weighted by Gasteiger charge is -2.14. The summed E-state index contributed by atoms with van der Waals surface area (Å²) in [5.41, 5.74) is 12.2. The zero-order valence-electron chi connectivity index (χ0n) is 11.4. The minimum atomic E-state index is -4.19. The molecular weight excluding hydrogens is 299 g/mol. The van der Waals surface area contributed by atoms with Gasteiger partial charge in [-0.15, -0.1) is 0 Å². The Morgan fingerprint density at radius 2 is 2.19 bits per heavy atom. The minimum Gasteiger partial charge on any atom is -0.382 e. The first-order valence-corrected chi connectivity index (χ1v) is 7.93. The molecule has 21 heavy (non-hydrogen) atoms. The van der Waals surface area contributed by atoms with Crippen LogP contribution in [-0.4, -0.2) is 41.8 Å². The molecule has 0 aliphatic carbocycles. The summed E-state index contributed by atoms with van der Waals surface area (Å²) in [5.74, 6) is 0.633. The smallest absolute Gasteiger partial charge is 0.350 e. The van der Waals surface area contributed by atoms with Gasteiger partial charge in [-0.05, 0) is 6.92 Å². The van der Waals surface area contributed by atoms with Crippen molar-refractivity contribution in [3.05, 3.63) is 12.2 Å². The lowest BCUT2D eigenvalue weighted by Crippen LogP contribution is -2.17. The molecule has 0 unspecified atom stereocenters. The quantitative estimate of drug-likeness (QED) is 0.510. The normalized spacial score (nSPS) is 13.7. The predicted octanol–water partition coefficient (Wildman–Crippen LogP) is -0.592. The first kappa shape index (κ1) is 15.8. The maximum absolute atomic E-state index is 10.8. The van der Waals surface area contributed by atoms with E-state index in [2.05, 4.69) is 15.0 Å². The summed E-state index contributed by atoms with van der Waals surface area (Å²) < 4.78 is 17.6. The molecule has 2 aromatic heterocycles. The summed E-state index contributed by atoms with van der Waals surface area (Å²) in [5, 5.41) is 0. The number of nitrogens with zero attached hydrogens (tertiary/aromatic N) is 4. The molecule has 0 aliphatic rings. The average Bonchev–Trinajstić information content (AvgIpc) is 2.79. The van der Waals surface area contributed by atoms with Crippen LogP contribution in [0.4, 0.5) is 5.82 Å². The summed E-state index contributed by atoms with van der Waals surface area (Å²) in [6, 6.07) is 0. The highest BCUT2D eigenvalue weighted by atomic mass is 31.2.